The molecule has 1 N–H and O–H groups in total. The molecule has 0 saturated carbocycles. The average molecular weight is 421 g/mol. The number of fused-ring (bicyclic) bond motifs is 1. The van der Waals surface area contributed by atoms with Gasteiger partial charge in [-0.15, -0.1) is 0 Å². The summed E-state index contributed by atoms with van der Waals surface area (Å²) in [6.07, 6.45) is 2.79. The number of hydrogen-bond acceptors (Lipinski definition) is 7. The van der Waals surface area contributed by atoms with E-state index in [1.807, 2.05) is 43.5 Å². The number of methoxy groups -OCH3 is 2. The lowest BCUT2D eigenvalue weighted by molar-refractivity contribution is 0.237. The van der Waals surface area contributed by atoms with E-state index in [-0.39, 0.29) is 0 Å². The van der Waals surface area contributed by atoms with Gasteiger partial charge in [-0.1, -0.05) is 18.2 Å². The van der Waals surface area contributed by atoms with Gasteiger partial charge in [0.1, 0.15) is 17.2 Å². The van der Waals surface area contributed by atoms with Gasteiger partial charge in [0.2, 0.25) is 5.95 Å². The van der Waals surface area contributed by atoms with Crippen LogP contribution in [-0.4, -0.2) is 42.2 Å². The van der Waals surface area contributed by atoms with Gasteiger partial charge in [0.25, 0.3) is 0 Å². The van der Waals surface area contributed by atoms with Crippen LogP contribution in [0.1, 0.15) is 23.7 Å². The molecule has 0 amide bonds. The Balaban J connectivity index is 1.47. The molecule has 162 valence electrons. The van der Waals surface area contributed by atoms with E-state index in [0.29, 0.717) is 18.3 Å². The highest BCUT2D eigenvalue weighted by Crippen LogP contribution is 2.31. The van der Waals surface area contributed by atoms with Gasteiger partial charge in [-0.05, 0) is 25.1 Å². The molecule has 0 saturated heterocycles. The molecule has 0 radical (unpaired) electrons. The summed E-state index contributed by atoms with van der Waals surface area (Å²) in [6, 6.07) is 13.8. The van der Waals surface area contributed by atoms with Crippen LogP contribution in [0.4, 0.5) is 11.6 Å². The summed E-state index contributed by atoms with van der Waals surface area (Å²) in [6.45, 7) is 5.28. The van der Waals surface area contributed by atoms with Crippen molar-refractivity contribution in [2.24, 2.45) is 0 Å². The standard InChI is InChI=1S/C24H28N4O3/c1-4-31-22-8-6-5-7-17(22)15-28-12-11-20-18(16-28)14-25-24(26-20)27-21-13-19(29-2)9-10-23(21)30-3/h5-10,13-14H,4,11-12,15-16H2,1-3H3,(H,25,26,27). The number of rotatable bonds is 8. The number of nitrogens with one attached hydrogen (secondary N) is 1. The fourth-order valence-corrected chi connectivity index (χ4v) is 3.77. The van der Waals surface area contributed by atoms with E-state index >= 15 is 0 Å². The third kappa shape index (κ3) is 4.88. The van der Waals surface area contributed by atoms with Crippen molar-refractivity contribution in [2.45, 2.75) is 26.4 Å². The van der Waals surface area contributed by atoms with Crippen molar-refractivity contribution in [3.8, 4) is 17.2 Å². The minimum absolute atomic E-state index is 0.556. The summed E-state index contributed by atoms with van der Waals surface area (Å²) in [5.41, 5.74) is 4.21. The van der Waals surface area contributed by atoms with Crippen molar-refractivity contribution >= 4 is 11.6 Å². The number of aromatic nitrogens is 2. The SMILES string of the molecule is CCOc1ccccc1CN1CCc2nc(Nc3cc(OC)ccc3OC)ncc2C1. The summed E-state index contributed by atoms with van der Waals surface area (Å²) >= 11 is 0. The van der Waals surface area contributed by atoms with Crippen LogP contribution < -0.4 is 19.5 Å². The van der Waals surface area contributed by atoms with Crippen molar-refractivity contribution < 1.29 is 14.2 Å². The number of benzene rings is 2. The minimum Gasteiger partial charge on any atom is -0.497 e. The Morgan fingerprint density at radius 1 is 1.06 bits per heavy atom. The van der Waals surface area contributed by atoms with Crippen LogP contribution in [-0.2, 0) is 19.5 Å². The van der Waals surface area contributed by atoms with E-state index in [2.05, 4.69) is 27.3 Å². The van der Waals surface area contributed by atoms with Crippen LogP contribution >= 0.6 is 0 Å². The Bertz CT molecular complexity index is 1040. The molecule has 2 heterocycles. The lowest BCUT2D eigenvalue weighted by atomic mass is 10.1. The van der Waals surface area contributed by atoms with Gasteiger partial charge in [-0.25, -0.2) is 9.97 Å². The quantitative estimate of drug-likeness (QED) is 0.586. The van der Waals surface area contributed by atoms with Gasteiger partial charge < -0.3 is 19.5 Å². The Kier molecular flexibility index (Phi) is 6.52. The van der Waals surface area contributed by atoms with Crippen LogP contribution in [0.3, 0.4) is 0 Å². The molecule has 1 aromatic heterocycles. The van der Waals surface area contributed by atoms with Crippen LogP contribution in [0.15, 0.2) is 48.7 Å². The summed E-state index contributed by atoms with van der Waals surface area (Å²) in [7, 11) is 3.28. The van der Waals surface area contributed by atoms with E-state index in [0.717, 1.165) is 54.5 Å². The van der Waals surface area contributed by atoms with Crippen LogP contribution in [0.5, 0.6) is 17.2 Å². The molecule has 3 aromatic rings. The molecule has 0 atom stereocenters. The molecule has 4 rings (SSSR count). The smallest absolute Gasteiger partial charge is 0.227 e. The van der Waals surface area contributed by atoms with Crippen molar-refractivity contribution in [2.75, 3.05) is 32.7 Å². The maximum Gasteiger partial charge on any atom is 0.227 e. The first-order chi connectivity index (χ1) is 15.2. The number of anilines is 2. The second-order valence-electron chi connectivity index (χ2n) is 7.36. The third-order valence-electron chi connectivity index (χ3n) is 5.33. The minimum atomic E-state index is 0.556. The van der Waals surface area contributed by atoms with Crippen LogP contribution in [0.2, 0.25) is 0 Å². The molecular formula is C24H28N4O3. The first kappa shape index (κ1) is 20.9. The van der Waals surface area contributed by atoms with Crippen LogP contribution in [0, 0.1) is 0 Å². The Labute approximate surface area is 183 Å². The molecular weight excluding hydrogens is 392 g/mol. The van der Waals surface area contributed by atoms with E-state index in [1.54, 1.807) is 14.2 Å². The molecule has 0 bridgehead atoms. The Hall–Kier alpha value is -3.32. The molecule has 1 aliphatic heterocycles. The molecule has 0 fully saturated rings. The zero-order valence-electron chi connectivity index (χ0n) is 18.2. The molecule has 0 spiro atoms. The van der Waals surface area contributed by atoms with E-state index in [1.165, 1.54) is 5.56 Å². The predicted molar refractivity (Wildman–Crippen MR) is 120 cm³/mol. The maximum absolute atomic E-state index is 5.78. The number of para-hydroxylation sites is 1. The molecule has 1 aliphatic rings. The van der Waals surface area contributed by atoms with E-state index in [4.69, 9.17) is 19.2 Å². The van der Waals surface area contributed by atoms with Crippen LogP contribution in [0.25, 0.3) is 0 Å². The van der Waals surface area contributed by atoms with Gasteiger partial charge in [0.05, 0.1) is 32.2 Å². The summed E-state index contributed by atoms with van der Waals surface area (Å²) in [5, 5.41) is 3.26. The second kappa shape index (κ2) is 9.66. The molecule has 7 heteroatoms. The largest absolute Gasteiger partial charge is 0.497 e. The highest BCUT2D eigenvalue weighted by atomic mass is 16.5. The third-order valence-corrected chi connectivity index (χ3v) is 5.33. The summed E-state index contributed by atoms with van der Waals surface area (Å²) in [4.78, 5) is 11.7. The first-order valence-corrected chi connectivity index (χ1v) is 10.5. The van der Waals surface area contributed by atoms with Gasteiger partial charge in [-0.3, -0.25) is 4.90 Å². The van der Waals surface area contributed by atoms with Gasteiger partial charge in [-0.2, -0.15) is 0 Å². The molecule has 31 heavy (non-hydrogen) atoms. The lowest BCUT2D eigenvalue weighted by Crippen LogP contribution is -2.31. The van der Waals surface area contributed by atoms with Crippen molar-refractivity contribution in [1.82, 2.24) is 14.9 Å². The highest BCUT2D eigenvalue weighted by Gasteiger charge is 2.20. The monoisotopic (exact) mass is 420 g/mol. The fourth-order valence-electron chi connectivity index (χ4n) is 3.77. The lowest BCUT2D eigenvalue weighted by Gasteiger charge is -2.28. The maximum atomic E-state index is 5.78. The van der Waals surface area contributed by atoms with Crippen molar-refractivity contribution in [3.05, 3.63) is 65.5 Å². The number of hydrogen-bond donors (Lipinski definition) is 1. The number of ether oxygens (including phenoxy) is 3. The number of nitrogens with zero attached hydrogens (tertiary/aromatic N) is 3. The molecule has 2 aromatic carbocycles. The van der Waals surface area contributed by atoms with E-state index in [9.17, 15) is 0 Å². The first-order valence-electron chi connectivity index (χ1n) is 10.5. The zero-order valence-corrected chi connectivity index (χ0v) is 18.2. The van der Waals surface area contributed by atoms with E-state index < -0.39 is 0 Å². The van der Waals surface area contributed by atoms with Gasteiger partial charge in [0.15, 0.2) is 0 Å². The van der Waals surface area contributed by atoms with Gasteiger partial charge >= 0.3 is 0 Å². The normalized spacial score (nSPS) is 13.4. The average Bonchev–Trinajstić information content (AvgIpc) is 2.80. The Morgan fingerprint density at radius 3 is 2.74 bits per heavy atom. The summed E-state index contributed by atoms with van der Waals surface area (Å²) < 4.78 is 16.5. The highest BCUT2D eigenvalue weighted by molar-refractivity contribution is 5.65. The molecule has 7 nitrogen and oxygen atoms in total. The molecule has 0 aliphatic carbocycles. The molecule has 0 unspecified atom stereocenters. The van der Waals surface area contributed by atoms with Crippen molar-refractivity contribution in [1.29, 1.82) is 0 Å². The topological polar surface area (TPSA) is 68.7 Å². The van der Waals surface area contributed by atoms with Crippen molar-refractivity contribution in [3.63, 3.8) is 0 Å². The second-order valence-corrected chi connectivity index (χ2v) is 7.36. The predicted octanol–water partition coefficient (Wildman–Crippen LogP) is 4.19. The van der Waals surface area contributed by atoms with Gasteiger partial charge in [0, 0.05) is 49.4 Å². The summed E-state index contributed by atoms with van der Waals surface area (Å²) in [5.74, 6) is 2.96. The Morgan fingerprint density at radius 2 is 1.94 bits per heavy atom. The zero-order chi connectivity index (χ0) is 21.6. The fraction of sp³-hybridized carbons (Fsp3) is 0.333.